The lowest BCUT2D eigenvalue weighted by atomic mass is 9.50. The molecule has 3 fully saturated rings. The fourth-order valence-electron chi connectivity index (χ4n) is 5.16. The maximum atomic E-state index is 12.5. The number of carbonyl (C=O) groups is 1. The molecule has 3 N–H and O–H groups in total. The molecule has 2 aliphatic carbocycles. The molecule has 2 heterocycles. The van der Waals surface area contributed by atoms with Crippen molar-refractivity contribution in [3.05, 3.63) is 11.6 Å². The SMILES string of the molecule is CC1=C[C@H]2O[C@@H]3[C@H](O)C[C@](C)([C@@]2(COS(=O)(=O)O)[C@H](O)C1=O)[C@]31CO1. The summed E-state index contributed by atoms with van der Waals surface area (Å²) >= 11 is 0. The molecule has 0 unspecified atom stereocenters. The minimum absolute atomic E-state index is 0.139. The lowest BCUT2D eigenvalue weighted by Crippen LogP contribution is -2.70. The van der Waals surface area contributed by atoms with Gasteiger partial charge in [-0.15, -0.1) is 0 Å². The van der Waals surface area contributed by atoms with E-state index in [4.69, 9.17) is 14.0 Å². The number of hydrogen-bond donors (Lipinski definition) is 3. The molecule has 7 atom stereocenters. The average Bonchev–Trinajstić information content (AvgIpc) is 3.26. The first kappa shape index (κ1) is 17.5. The molecule has 10 heteroatoms. The summed E-state index contributed by atoms with van der Waals surface area (Å²) in [5.41, 5.74) is -3.16. The monoisotopic (exact) mass is 376 g/mol. The molecule has 0 aromatic heterocycles. The molecule has 0 amide bonds. The minimum atomic E-state index is -4.81. The molecule has 2 saturated heterocycles. The van der Waals surface area contributed by atoms with Gasteiger partial charge >= 0.3 is 10.4 Å². The van der Waals surface area contributed by atoms with Crippen LogP contribution in [0.15, 0.2) is 11.6 Å². The second-order valence-corrected chi connectivity index (χ2v) is 8.70. The van der Waals surface area contributed by atoms with Crippen LogP contribution in [0.25, 0.3) is 0 Å². The van der Waals surface area contributed by atoms with Gasteiger partial charge in [-0.25, -0.2) is 4.18 Å². The number of ether oxygens (including phenoxy) is 2. The maximum absolute atomic E-state index is 12.5. The van der Waals surface area contributed by atoms with E-state index in [1.54, 1.807) is 6.92 Å². The molecule has 4 aliphatic rings. The highest BCUT2D eigenvalue weighted by atomic mass is 32.3. The molecule has 0 aromatic rings. The third kappa shape index (κ3) is 1.98. The van der Waals surface area contributed by atoms with Crippen molar-refractivity contribution in [2.24, 2.45) is 10.8 Å². The van der Waals surface area contributed by atoms with Gasteiger partial charge in [0.1, 0.15) is 17.8 Å². The maximum Gasteiger partial charge on any atom is 0.397 e. The lowest BCUT2D eigenvalue weighted by molar-refractivity contribution is -0.241. The number of Topliss-reactive ketones (excluding diaryl/α,β-unsaturated/α-hetero) is 1. The van der Waals surface area contributed by atoms with Gasteiger partial charge in [0, 0.05) is 5.41 Å². The van der Waals surface area contributed by atoms with E-state index in [0.29, 0.717) is 0 Å². The van der Waals surface area contributed by atoms with Crippen molar-refractivity contribution in [2.75, 3.05) is 13.2 Å². The summed E-state index contributed by atoms with van der Waals surface area (Å²) in [7, 11) is -4.81. The zero-order valence-electron chi connectivity index (χ0n) is 13.7. The van der Waals surface area contributed by atoms with Gasteiger partial charge in [0.25, 0.3) is 0 Å². The number of ketones is 1. The van der Waals surface area contributed by atoms with Crippen molar-refractivity contribution in [3.8, 4) is 0 Å². The molecular weight excluding hydrogens is 356 g/mol. The van der Waals surface area contributed by atoms with E-state index >= 15 is 0 Å². The Kier molecular flexibility index (Phi) is 3.43. The molecule has 2 bridgehead atoms. The average molecular weight is 376 g/mol. The van der Waals surface area contributed by atoms with E-state index in [9.17, 15) is 23.4 Å². The van der Waals surface area contributed by atoms with Crippen LogP contribution in [0.3, 0.4) is 0 Å². The molecule has 0 aromatic carbocycles. The second kappa shape index (κ2) is 4.89. The third-order valence-electron chi connectivity index (χ3n) is 6.62. The number of aliphatic hydroxyl groups is 2. The Hall–Kier alpha value is -0.880. The largest absolute Gasteiger partial charge is 0.397 e. The Balaban J connectivity index is 1.90. The Labute approximate surface area is 144 Å². The summed E-state index contributed by atoms with van der Waals surface area (Å²) in [5, 5.41) is 21.3. The van der Waals surface area contributed by atoms with Crippen LogP contribution in [-0.2, 0) is 28.9 Å². The normalized spacial score (nSPS) is 51.4. The molecule has 0 radical (unpaired) electrons. The van der Waals surface area contributed by atoms with Gasteiger partial charge in [0.05, 0.1) is 30.8 Å². The highest BCUT2D eigenvalue weighted by molar-refractivity contribution is 7.80. The minimum Gasteiger partial charge on any atom is -0.390 e. The van der Waals surface area contributed by atoms with E-state index in [-0.39, 0.29) is 18.6 Å². The van der Waals surface area contributed by atoms with Gasteiger partial charge in [-0.05, 0) is 25.0 Å². The molecule has 4 rings (SSSR count). The van der Waals surface area contributed by atoms with Crippen LogP contribution in [0.4, 0.5) is 0 Å². The molecule has 1 spiro atoms. The number of rotatable bonds is 3. The van der Waals surface area contributed by atoms with Crippen LogP contribution >= 0.6 is 0 Å². The zero-order chi connectivity index (χ0) is 18.4. The number of fused-ring (bicyclic) bond motifs is 2. The fraction of sp³-hybridized carbons (Fsp3) is 0.800. The lowest BCUT2D eigenvalue weighted by Gasteiger charge is -2.58. The van der Waals surface area contributed by atoms with Crippen molar-refractivity contribution in [2.45, 2.75) is 50.3 Å². The summed E-state index contributed by atoms with van der Waals surface area (Å²) in [6.45, 7) is 2.85. The molecule has 9 nitrogen and oxygen atoms in total. The molecule has 25 heavy (non-hydrogen) atoms. The first-order chi connectivity index (χ1) is 11.5. The Bertz CT molecular complexity index is 770. The van der Waals surface area contributed by atoms with Gasteiger partial charge in [0.15, 0.2) is 5.78 Å². The fourth-order valence-corrected chi connectivity index (χ4v) is 5.50. The Morgan fingerprint density at radius 2 is 2.04 bits per heavy atom. The first-order valence-corrected chi connectivity index (χ1v) is 9.35. The summed E-state index contributed by atoms with van der Waals surface area (Å²) < 4.78 is 47.6. The third-order valence-corrected chi connectivity index (χ3v) is 7.03. The highest BCUT2D eigenvalue weighted by Crippen LogP contribution is 2.71. The summed E-state index contributed by atoms with van der Waals surface area (Å²) in [6.07, 6.45) is -2.38. The van der Waals surface area contributed by atoms with Crippen LogP contribution in [-0.4, -0.2) is 72.2 Å². The van der Waals surface area contributed by atoms with Gasteiger partial charge in [-0.2, -0.15) is 8.42 Å². The quantitative estimate of drug-likeness (QED) is 0.417. The van der Waals surface area contributed by atoms with E-state index in [1.807, 2.05) is 0 Å². The van der Waals surface area contributed by atoms with Gasteiger partial charge < -0.3 is 19.7 Å². The second-order valence-electron chi connectivity index (χ2n) is 7.61. The van der Waals surface area contributed by atoms with E-state index in [1.165, 1.54) is 13.0 Å². The molecule has 2 aliphatic heterocycles. The molecule has 140 valence electrons. The van der Waals surface area contributed by atoms with Crippen LogP contribution < -0.4 is 0 Å². The number of epoxide rings is 1. The number of aliphatic hydroxyl groups excluding tert-OH is 2. The summed E-state index contributed by atoms with van der Waals surface area (Å²) in [4.78, 5) is 12.5. The number of hydrogen-bond acceptors (Lipinski definition) is 8. The predicted octanol–water partition coefficient (Wildman–Crippen LogP) is -1.01. The van der Waals surface area contributed by atoms with Crippen LogP contribution in [0, 0.1) is 10.8 Å². The van der Waals surface area contributed by atoms with Gasteiger partial charge in [-0.3, -0.25) is 9.35 Å². The van der Waals surface area contributed by atoms with Crippen LogP contribution in [0.2, 0.25) is 0 Å². The van der Waals surface area contributed by atoms with Crippen LogP contribution in [0.5, 0.6) is 0 Å². The van der Waals surface area contributed by atoms with E-state index < -0.39 is 63.6 Å². The predicted molar refractivity (Wildman–Crippen MR) is 80.8 cm³/mol. The van der Waals surface area contributed by atoms with Gasteiger partial charge in [0.2, 0.25) is 0 Å². The Morgan fingerprint density at radius 1 is 1.40 bits per heavy atom. The van der Waals surface area contributed by atoms with E-state index in [2.05, 4.69) is 4.18 Å². The first-order valence-electron chi connectivity index (χ1n) is 7.98. The topological polar surface area (TPSA) is 143 Å². The molecule has 1 saturated carbocycles. The van der Waals surface area contributed by atoms with Crippen molar-refractivity contribution in [1.29, 1.82) is 0 Å². The van der Waals surface area contributed by atoms with Crippen molar-refractivity contribution in [1.82, 2.24) is 0 Å². The van der Waals surface area contributed by atoms with Crippen molar-refractivity contribution in [3.63, 3.8) is 0 Å². The Morgan fingerprint density at radius 3 is 2.60 bits per heavy atom. The zero-order valence-corrected chi connectivity index (χ0v) is 14.5. The smallest absolute Gasteiger partial charge is 0.390 e. The van der Waals surface area contributed by atoms with E-state index in [0.717, 1.165) is 0 Å². The van der Waals surface area contributed by atoms with Crippen LogP contribution in [0.1, 0.15) is 20.3 Å². The van der Waals surface area contributed by atoms with Crippen molar-refractivity contribution >= 4 is 16.2 Å². The molecular formula is C15H20O9S. The highest BCUT2D eigenvalue weighted by Gasteiger charge is 2.83. The summed E-state index contributed by atoms with van der Waals surface area (Å²) in [6, 6.07) is 0. The summed E-state index contributed by atoms with van der Waals surface area (Å²) in [5.74, 6) is -0.573. The number of carbonyl (C=O) groups excluding carboxylic acids is 1. The van der Waals surface area contributed by atoms with Crippen molar-refractivity contribution < 1.29 is 41.6 Å². The van der Waals surface area contributed by atoms with Gasteiger partial charge in [-0.1, -0.05) is 6.92 Å². The standard InChI is InChI=1S/C15H20O9S/c1-7-3-9-14(11(18)10(7)17,5-23-25(19,20)21)13(2)4-8(16)12(24-9)15(13)6-22-15/h3,8-9,11-12,16,18H,4-6H2,1-2H3,(H,19,20,21)/t8-,9-,11-,12-,13-,14-,15+/m1/s1.